The quantitative estimate of drug-likeness (QED) is 0.814. The number of aromatic nitrogens is 1. The van der Waals surface area contributed by atoms with Crippen molar-refractivity contribution >= 4 is 29.2 Å². The molecule has 0 atom stereocenters. The van der Waals surface area contributed by atoms with Gasteiger partial charge in [0.25, 0.3) is 10.0 Å². The van der Waals surface area contributed by atoms with Crippen LogP contribution in [0, 0.1) is 13.8 Å². The van der Waals surface area contributed by atoms with Crippen LogP contribution in [-0.4, -0.2) is 28.0 Å². The summed E-state index contributed by atoms with van der Waals surface area (Å²) in [6.07, 6.45) is 0. The normalized spacial score (nSPS) is 11.6. The molecule has 1 aromatic heterocycles. The molecule has 22 heavy (non-hydrogen) atoms. The molecule has 0 aliphatic rings. The maximum absolute atomic E-state index is 12.5. The van der Waals surface area contributed by atoms with Crippen LogP contribution in [-0.2, 0) is 21.4 Å². The van der Waals surface area contributed by atoms with Crippen molar-refractivity contribution in [1.29, 1.82) is 0 Å². The van der Waals surface area contributed by atoms with Gasteiger partial charge in [-0.1, -0.05) is 22.8 Å². The number of anilines is 1. The molecule has 0 saturated carbocycles. The van der Waals surface area contributed by atoms with Crippen molar-refractivity contribution in [3.63, 3.8) is 0 Å². The van der Waals surface area contributed by atoms with Gasteiger partial charge in [-0.05, 0) is 32.4 Å². The molecule has 2 aromatic rings. The third-order valence-electron chi connectivity index (χ3n) is 3.30. The molecule has 0 amide bonds. The first-order valence-electron chi connectivity index (χ1n) is 6.77. The second kappa shape index (κ2) is 6.54. The fourth-order valence-corrected chi connectivity index (χ4v) is 3.09. The van der Waals surface area contributed by atoms with Crippen molar-refractivity contribution in [2.24, 2.45) is 0 Å². The molecule has 1 heterocycles. The number of aryl methyl sites for hydroxylation is 1. The first-order chi connectivity index (χ1) is 10.4. The Morgan fingerprint density at radius 3 is 2.68 bits per heavy atom. The lowest BCUT2D eigenvalue weighted by atomic mass is 9.91. The summed E-state index contributed by atoms with van der Waals surface area (Å²) in [6.45, 7) is 6.06. The van der Waals surface area contributed by atoms with Crippen molar-refractivity contribution in [2.75, 3.05) is 11.3 Å². The van der Waals surface area contributed by atoms with Gasteiger partial charge in [0.1, 0.15) is 13.6 Å². The van der Waals surface area contributed by atoms with Crippen LogP contribution >= 0.6 is 0 Å². The highest BCUT2D eigenvalue weighted by molar-refractivity contribution is 7.93. The lowest BCUT2D eigenvalue weighted by Crippen LogP contribution is -2.25. The molecule has 2 radical (unpaired) electrons. The van der Waals surface area contributed by atoms with Gasteiger partial charge in [0.05, 0.1) is 11.5 Å². The van der Waals surface area contributed by atoms with E-state index in [0.29, 0.717) is 23.5 Å². The fraction of sp³-hybridized carbons (Fsp3) is 0.357. The Bertz CT molecular complexity index is 771. The van der Waals surface area contributed by atoms with Crippen LogP contribution in [0.25, 0.3) is 0 Å². The smallest absolute Gasteiger partial charge is 0.262 e. The number of nitrogens with one attached hydrogen (secondary N) is 1. The van der Waals surface area contributed by atoms with Gasteiger partial charge in [-0.15, -0.1) is 0 Å². The summed E-state index contributed by atoms with van der Waals surface area (Å²) in [5.41, 5.74) is 1.42. The van der Waals surface area contributed by atoms with Gasteiger partial charge in [-0.3, -0.25) is 4.72 Å². The molecule has 0 fully saturated rings. The van der Waals surface area contributed by atoms with Crippen LogP contribution in [0.4, 0.5) is 5.82 Å². The van der Waals surface area contributed by atoms with E-state index in [1.165, 1.54) is 6.07 Å². The number of hydrogen-bond acceptors (Lipinski definition) is 5. The van der Waals surface area contributed by atoms with E-state index < -0.39 is 10.0 Å². The van der Waals surface area contributed by atoms with Crippen LogP contribution in [0.5, 0.6) is 0 Å². The molecular formula is C14H17BN2O4S. The van der Waals surface area contributed by atoms with Gasteiger partial charge >= 0.3 is 0 Å². The molecule has 8 heteroatoms. The number of ether oxygens (including phenoxy) is 1. The Labute approximate surface area is 131 Å². The molecule has 0 bridgehead atoms. The maximum Gasteiger partial charge on any atom is 0.262 e. The summed E-state index contributed by atoms with van der Waals surface area (Å²) >= 11 is 0. The highest BCUT2D eigenvalue weighted by Gasteiger charge is 2.21. The molecule has 0 unspecified atom stereocenters. The standard InChI is InChI=1S/C14H17BN2O4S/c1-4-20-8-11-6-5-7-12(13(11)15)22(18,19)17-14-9(2)10(3)21-16-14/h5-7H,4,8H2,1-3H3,(H,16,17). The Kier molecular flexibility index (Phi) is 4.92. The molecule has 0 spiro atoms. The average Bonchev–Trinajstić information content (AvgIpc) is 2.77. The third kappa shape index (κ3) is 3.33. The maximum atomic E-state index is 12.5. The molecule has 116 valence electrons. The van der Waals surface area contributed by atoms with Crippen molar-refractivity contribution in [3.8, 4) is 0 Å². The highest BCUT2D eigenvalue weighted by atomic mass is 32.2. The summed E-state index contributed by atoms with van der Waals surface area (Å²) < 4.78 is 37.6. The van der Waals surface area contributed by atoms with Crippen LogP contribution < -0.4 is 10.2 Å². The predicted octanol–water partition coefficient (Wildman–Crippen LogP) is 1.42. The van der Waals surface area contributed by atoms with Crippen LogP contribution in [0.1, 0.15) is 23.8 Å². The Balaban J connectivity index is 2.35. The van der Waals surface area contributed by atoms with Crippen LogP contribution in [0.15, 0.2) is 27.6 Å². The predicted molar refractivity (Wildman–Crippen MR) is 83.9 cm³/mol. The zero-order valence-corrected chi connectivity index (χ0v) is 13.5. The van der Waals surface area contributed by atoms with Gasteiger partial charge in [-0.2, -0.15) is 0 Å². The molecule has 1 aromatic carbocycles. The van der Waals surface area contributed by atoms with Crippen LogP contribution in [0.2, 0.25) is 0 Å². The fourth-order valence-electron chi connectivity index (χ4n) is 1.86. The van der Waals surface area contributed by atoms with Crippen molar-refractivity contribution < 1.29 is 17.7 Å². The van der Waals surface area contributed by atoms with Gasteiger partial charge in [0.15, 0.2) is 5.82 Å². The monoisotopic (exact) mass is 320 g/mol. The third-order valence-corrected chi connectivity index (χ3v) is 4.69. The van der Waals surface area contributed by atoms with Gasteiger partial charge in [0, 0.05) is 12.2 Å². The van der Waals surface area contributed by atoms with Crippen LogP contribution in [0.3, 0.4) is 0 Å². The molecule has 2 rings (SSSR count). The largest absolute Gasteiger partial charge is 0.377 e. The Hall–Kier alpha value is -1.80. The zero-order valence-electron chi connectivity index (χ0n) is 12.7. The number of rotatable bonds is 6. The molecular weight excluding hydrogens is 303 g/mol. The number of sulfonamides is 1. The molecule has 1 N–H and O–H groups in total. The number of benzene rings is 1. The average molecular weight is 320 g/mol. The lowest BCUT2D eigenvalue weighted by Gasteiger charge is -2.13. The van der Waals surface area contributed by atoms with Gasteiger partial charge in [-0.25, -0.2) is 8.42 Å². The number of nitrogens with zero attached hydrogens (tertiary/aromatic N) is 1. The minimum atomic E-state index is -3.85. The van der Waals surface area contributed by atoms with E-state index in [1.54, 1.807) is 26.0 Å². The first kappa shape index (κ1) is 16.6. The highest BCUT2D eigenvalue weighted by Crippen LogP contribution is 2.20. The first-order valence-corrected chi connectivity index (χ1v) is 8.26. The summed E-state index contributed by atoms with van der Waals surface area (Å²) in [5, 5.41) is 3.70. The SMILES string of the molecule is [B]c1c(COCC)cccc1S(=O)(=O)Nc1noc(C)c1C. The minimum absolute atomic E-state index is 0.00949. The summed E-state index contributed by atoms with van der Waals surface area (Å²) in [6, 6.07) is 4.80. The van der Waals surface area contributed by atoms with E-state index in [9.17, 15) is 8.42 Å². The van der Waals surface area contributed by atoms with E-state index in [2.05, 4.69) is 9.88 Å². The lowest BCUT2D eigenvalue weighted by molar-refractivity contribution is 0.134. The van der Waals surface area contributed by atoms with E-state index in [0.717, 1.165) is 0 Å². The van der Waals surface area contributed by atoms with Crippen molar-refractivity contribution in [1.82, 2.24) is 5.16 Å². The minimum Gasteiger partial charge on any atom is -0.377 e. The molecule has 6 nitrogen and oxygen atoms in total. The van der Waals surface area contributed by atoms with Crippen molar-refractivity contribution in [3.05, 3.63) is 35.1 Å². The van der Waals surface area contributed by atoms with Gasteiger partial charge in [0.2, 0.25) is 0 Å². The van der Waals surface area contributed by atoms with E-state index in [4.69, 9.17) is 17.1 Å². The van der Waals surface area contributed by atoms with Gasteiger partial charge < -0.3 is 9.26 Å². The van der Waals surface area contributed by atoms with Crippen molar-refractivity contribution in [2.45, 2.75) is 32.3 Å². The molecule has 0 aliphatic carbocycles. The number of hydrogen-bond donors (Lipinski definition) is 1. The molecule has 0 aliphatic heterocycles. The second-order valence-electron chi connectivity index (χ2n) is 4.78. The molecule has 0 saturated heterocycles. The van der Waals surface area contributed by atoms with E-state index >= 15 is 0 Å². The summed E-state index contributed by atoms with van der Waals surface area (Å²) in [7, 11) is 2.11. The Morgan fingerprint density at radius 2 is 2.09 bits per heavy atom. The van der Waals surface area contributed by atoms with E-state index in [-0.39, 0.29) is 22.8 Å². The van der Waals surface area contributed by atoms with E-state index in [1.807, 2.05) is 6.92 Å². The second-order valence-corrected chi connectivity index (χ2v) is 6.43. The summed E-state index contributed by atoms with van der Waals surface area (Å²) in [4.78, 5) is -0.00949. The summed E-state index contributed by atoms with van der Waals surface area (Å²) in [5.74, 6) is 0.711. The Morgan fingerprint density at radius 1 is 1.36 bits per heavy atom. The topological polar surface area (TPSA) is 81.4 Å². The zero-order chi connectivity index (χ0) is 16.3.